The molecule has 2 heterocycles. The van der Waals surface area contributed by atoms with E-state index in [2.05, 4.69) is 4.74 Å². The van der Waals surface area contributed by atoms with Crippen LogP contribution >= 0.6 is 11.6 Å². The normalized spacial score (nSPS) is 18.2. The molecule has 0 unspecified atom stereocenters. The predicted molar refractivity (Wildman–Crippen MR) is 78.3 cm³/mol. The zero-order valence-corrected chi connectivity index (χ0v) is 12.9. The van der Waals surface area contributed by atoms with Crippen LogP contribution in [0.2, 0.25) is 5.02 Å². The monoisotopic (exact) mass is 340 g/mol. The van der Waals surface area contributed by atoms with E-state index in [1.807, 2.05) is 0 Å². The molecule has 0 N–H and O–H groups in total. The fraction of sp³-hybridized carbons (Fsp3) is 0.400. The van der Waals surface area contributed by atoms with E-state index >= 15 is 0 Å². The summed E-state index contributed by atoms with van der Waals surface area (Å²) in [7, 11) is 0. The Kier molecular flexibility index (Phi) is 4.21. The molecule has 3 rings (SSSR count). The average molecular weight is 341 g/mol. The number of ether oxygens (including phenoxy) is 1. The summed E-state index contributed by atoms with van der Waals surface area (Å²) >= 11 is 5.61. The van der Waals surface area contributed by atoms with Crippen molar-refractivity contribution in [2.24, 2.45) is 0 Å². The molecule has 0 saturated carbocycles. The number of likely N-dealkylation sites (tertiary alicyclic amines) is 1. The van der Waals surface area contributed by atoms with Crippen LogP contribution < -0.4 is 0 Å². The largest absolute Gasteiger partial charge is 0.439 e. The molecule has 0 aromatic heterocycles. The standard InChI is InChI=1S/C15H14ClFN2O4/c16-11-3-1-9(5-12(11)17)2-4-13(20)18-6-10(7-18)19-14(21)8-23-15(19)22/h1,3,5,10H,2,4,6-8H2. The lowest BCUT2D eigenvalue weighted by molar-refractivity contribution is -0.142. The second-order valence-electron chi connectivity index (χ2n) is 5.52. The van der Waals surface area contributed by atoms with Gasteiger partial charge in [0.25, 0.3) is 5.91 Å². The van der Waals surface area contributed by atoms with Crippen molar-refractivity contribution in [2.75, 3.05) is 19.7 Å². The zero-order valence-electron chi connectivity index (χ0n) is 12.1. The number of benzene rings is 1. The van der Waals surface area contributed by atoms with E-state index in [0.717, 1.165) is 4.90 Å². The second kappa shape index (κ2) is 6.16. The summed E-state index contributed by atoms with van der Waals surface area (Å²) in [5.41, 5.74) is 0.690. The van der Waals surface area contributed by atoms with Gasteiger partial charge in [-0.25, -0.2) is 14.1 Å². The Hall–Kier alpha value is -2.15. The minimum absolute atomic E-state index is 0.0489. The first-order chi connectivity index (χ1) is 11.0. The predicted octanol–water partition coefficient (Wildman–Crippen LogP) is 1.60. The summed E-state index contributed by atoms with van der Waals surface area (Å²) in [6.45, 7) is 0.398. The number of halogens is 2. The molecule has 122 valence electrons. The van der Waals surface area contributed by atoms with Gasteiger partial charge in [0.2, 0.25) is 5.91 Å². The van der Waals surface area contributed by atoms with Gasteiger partial charge < -0.3 is 9.64 Å². The lowest BCUT2D eigenvalue weighted by Crippen LogP contribution is -2.62. The molecule has 0 radical (unpaired) electrons. The molecule has 2 aliphatic rings. The van der Waals surface area contributed by atoms with Gasteiger partial charge in [0, 0.05) is 19.5 Å². The maximum absolute atomic E-state index is 13.3. The Balaban J connectivity index is 1.48. The van der Waals surface area contributed by atoms with E-state index < -0.39 is 11.9 Å². The highest BCUT2D eigenvalue weighted by molar-refractivity contribution is 6.30. The van der Waals surface area contributed by atoms with Gasteiger partial charge in [0.15, 0.2) is 6.61 Å². The highest BCUT2D eigenvalue weighted by Gasteiger charge is 2.44. The van der Waals surface area contributed by atoms with Crippen LogP contribution in [0.25, 0.3) is 0 Å². The molecule has 3 amide bonds. The number of carbonyl (C=O) groups is 3. The van der Waals surface area contributed by atoms with Crippen LogP contribution in [0.1, 0.15) is 12.0 Å². The molecule has 8 heteroatoms. The lowest BCUT2D eigenvalue weighted by atomic mass is 10.0. The molecule has 0 atom stereocenters. The average Bonchev–Trinajstić information content (AvgIpc) is 2.79. The van der Waals surface area contributed by atoms with E-state index in [0.29, 0.717) is 25.1 Å². The van der Waals surface area contributed by atoms with Gasteiger partial charge in [-0.2, -0.15) is 0 Å². The summed E-state index contributed by atoms with van der Waals surface area (Å²) in [6.07, 6.45) is -0.0194. The van der Waals surface area contributed by atoms with Crippen LogP contribution in [0.4, 0.5) is 9.18 Å². The molecule has 0 bridgehead atoms. The molecule has 2 fully saturated rings. The van der Waals surface area contributed by atoms with Gasteiger partial charge in [-0.15, -0.1) is 0 Å². The first kappa shape index (κ1) is 15.7. The van der Waals surface area contributed by atoms with Crippen molar-refractivity contribution in [3.05, 3.63) is 34.6 Å². The van der Waals surface area contributed by atoms with E-state index in [-0.39, 0.29) is 35.9 Å². The molecule has 0 spiro atoms. The Labute approximate surface area is 136 Å². The van der Waals surface area contributed by atoms with Crippen LogP contribution in [0.5, 0.6) is 0 Å². The lowest BCUT2D eigenvalue weighted by Gasteiger charge is -2.42. The van der Waals surface area contributed by atoms with E-state index in [4.69, 9.17) is 11.6 Å². The van der Waals surface area contributed by atoms with Crippen molar-refractivity contribution in [3.63, 3.8) is 0 Å². The van der Waals surface area contributed by atoms with E-state index in [1.165, 1.54) is 12.1 Å². The molecule has 6 nitrogen and oxygen atoms in total. The van der Waals surface area contributed by atoms with Crippen molar-refractivity contribution in [3.8, 4) is 0 Å². The number of nitrogens with zero attached hydrogens (tertiary/aromatic N) is 2. The summed E-state index contributed by atoms with van der Waals surface area (Å²) in [5, 5.41) is 0.0489. The van der Waals surface area contributed by atoms with Gasteiger partial charge >= 0.3 is 6.09 Å². The van der Waals surface area contributed by atoms with Crippen LogP contribution in [-0.2, 0) is 20.7 Å². The summed E-state index contributed by atoms with van der Waals surface area (Å²) in [6, 6.07) is 4.14. The number of cyclic esters (lactones) is 1. The van der Waals surface area contributed by atoms with Crippen molar-refractivity contribution in [1.29, 1.82) is 0 Å². The fourth-order valence-electron chi connectivity index (χ4n) is 2.64. The molecule has 1 aromatic carbocycles. The number of carbonyl (C=O) groups excluding carboxylic acids is 3. The van der Waals surface area contributed by atoms with Gasteiger partial charge in [0.05, 0.1) is 11.1 Å². The number of amides is 3. The van der Waals surface area contributed by atoms with Crippen molar-refractivity contribution < 1.29 is 23.5 Å². The summed E-state index contributed by atoms with van der Waals surface area (Å²) in [4.78, 5) is 37.6. The molecule has 23 heavy (non-hydrogen) atoms. The SMILES string of the molecule is O=C(CCc1ccc(Cl)c(F)c1)N1CC(N2C(=O)COC2=O)C1. The van der Waals surface area contributed by atoms with E-state index in [1.54, 1.807) is 11.0 Å². The van der Waals surface area contributed by atoms with Gasteiger partial charge in [-0.3, -0.25) is 9.59 Å². The maximum atomic E-state index is 13.3. The first-order valence-corrected chi connectivity index (χ1v) is 7.54. The molecule has 0 aliphatic carbocycles. The fourth-order valence-corrected chi connectivity index (χ4v) is 2.76. The second-order valence-corrected chi connectivity index (χ2v) is 5.93. The van der Waals surface area contributed by atoms with Crippen LogP contribution in [0.15, 0.2) is 18.2 Å². The number of hydrogen-bond donors (Lipinski definition) is 0. The van der Waals surface area contributed by atoms with Gasteiger partial charge in [-0.05, 0) is 24.1 Å². The maximum Gasteiger partial charge on any atom is 0.417 e. The van der Waals surface area contributed by atoms with Crippen LogP contribution in [0.3, 0.4) is 0 Å². The van der Waals surface area contributed by atoms with E-state index in [9.17, 15) is 18.8 Å². The molecular weight excluding hydrogens is 327 g/mol. The van der Waals surface area contributed by atoms with Gasteiger partial charge in [0.1, 0.15) is 5.82 Å². The smallest absolute Gasteiger partial charge is 0.417 e. The third-order valence-electron chi connectivity index (χ3n) is 3.98. The summed E-state index contributed by atoms with van der Waals surface area (Å²) in [5.74, 6) is -0.980. The highest BCUT2D eigenvalue weighted by Crippen LogP contribution is 2.21. The topological polar surface area (TPSA) is 66.9 Å². The zero-order chi connectivity index (χ0) is 16.6. The third kappa shape index (κ3) is 3.14. The van der Waals surface area contributed by atoms with Crippen LogP contribution in [-0.4, -0.2) is 53.4 Å². The Morgan fingerprint density at radius 2 is 2.09 bits per heavy atom. The molecule has 1 aromatic rings. The van der Waals surface area contributed by atoms with Gasteiger partial charge in [-0.1, -0.05) is 17.7 Å². The molecule has 2 saturated heterocycles. The highest BCUT2D eigenvalue weighted by atomic mass is 35.5. The minimum atomic E-state index is -0.649. The summed E-state index contributed by atoms with van der Waals surface area (Å²) < 4.78 is 18.0. The van der Waals surface area contributed by atoms with Crippen molar-refractivity contribution in [1.82, 2.24) is 9.80 Å². The van der Waals surface area contributed by atoms with Crippen molar-refractivity contribution >= 4 is 29.5 Å². The Morgan fingerprint density at radius 1 is 1.35 bits per heavy atom. The number of hydrogen-bond acceptors (Lipinski definition) is 4. The Bertz CT molecular complexity index is 659. The Morgan fingerprint density at radius 3 is 2.70 bits per heavy atom. The number of imide groups is 1. The third-order valence-corrected chi connectivity index (χ3v) is 4.28. The molecule has 2 aliphatic heterocycles. The number of rotatable bonds is 4. The van der Waals surface area contributed by atoms with Crippen molar-refractivity contribution in [2.45, 2.75) is 18.9 Å². The minimum Gasteiger partial charge on any atom is -0.439 e. The number of aryl methyl sites for hydroxylation is 1. The molecular formula is C15H14ClFN2O4. The van der Waals surface area contributed by atoms with Crippen LogP contribution in [0, 0.1) is 5.82 Å². The first-order valence-electron chi connectivity index (χ1n) is 7.16. The quantitative estimate of drug-likeness (QED) is 0.835.